The smallest absolute Gasteiger partial charge is 0.268 e. The minimum Gasteiger partial charge on any atom is -0.448 e. The Kier molecular flexibility index (Phi) is 3.25. The second kappa shape index (κ2) is 5.21. The molecular formula is C15H15N3O2. The Bertz CT molecular complexity index is 728. The Hall–Kier alpha value is -2.56. The van der Waals surface area contributed by atoms with Crippen molar-refractivity contribution in [2.45, 2.75) is 20.0 Å². The maximum atomic E-state index is 12.3. The molecule has 0 fully saturated rings. The quantitative estimate of drug-likeness (QED) is 0.792. The van der Waals surface area contributed by atoms with Crippen LogP contribution in [-0.4, -0.2) is 15.5 Å². The molecule has 3 aromatic rings. The molecule has 0 bridgehead atoms. The van der Waals surface area contributed by atoms with Crippen molar-refractivity contribution in [1.29, 1.82) is 0 Å². The highest BCUT2D eigenvalue weighted by atomic mass is 16.3. The molecule has 1 N–H and O–H groups in total. The molecule has 3 aromatic heterocycles. The van der Waals surface area contributed by atoms with E-state index in [0.717, 1.165) is 16.7 Å². The maximum Gasteiger partial charge on any atom is 0.268 e. The van der Waals surface area contributed by atoms with Gasteiger partial charge in [-0.15, -0.1) is 0 Å². The number of pyridine rings is 1. The molecule has 0 saturated heterocycles. The standard InChI is InChI=1S/C15H15N3O2/c1-2-18-13(8-12-5-7-20-15(12)18)14(19)17-10-11-4-3-6-16-9-11/h3-9H,2,10H2,1H3,(H,17,19). The Balaban J connectivity index is 1.80. The zero-order valence-corrected chi connectivity index (χ0v) is 11.2. The Morgan fingerprint density at radius 2 is 2.35 bits per heavy atom. The SMILES string of the molecule is CCn1c(C(=O)NCc2cccnc2)cc2ccoc21. The van der Waals surface area contributed by atoms with E-state index in [-0.39, 0.29) is 5.91 Å². The van der Waals surface area contributed by atoms with Crippen molar-refractivity contribution >= 4 is 17.0 Å². The van der Waals surface area contributed by atoms with E-state index >= 15 is 0 Å². The molecular weight excluding hydrogens is 254 g/mol. The lowest BCUT2D eigenvalue weighted by Gasteiger charge is -2.07. The van der Waals surface area contributed by atoms with E-state index in [9.17, 15) is 4.79 Å². The van der Waals surface area contributed by atoms with Gasteiger partial charge in [-0.3, -0.25) is 9.78 Å². The minimum atomic E-state index is -0.109. The number of nitrogens with one attached hydrogen (secondary N) is 1. The number of furan rings is 1. The topological polar surface area (TPSA) is 60.1 Å². The monoisotopic (exact) mass is 269 g/mol. The molecule has 0 unspecified atom stereocenters. The van der Waals surface area contributed by atoms with E-state index in [2.05, 4.69) is 10.3 Å². The highest BCUT2D eigenvalue weighted by Gasteiger charge is 2.16. The molecule has 0 saturated carbocycles. The molecule has 20 heavy (non-hydrogen) atoms. The number of fused-ring (bicyclic) bond motifs is 1. The number of rotatable bonds is 4. The van der Waals surface area contributed by atoms with E-state index in [1.807, 2.05) is 35.8 Å². The maximum absolute atomic E-state index is 12.3. The second-order valence-electron chi connectivity index (χ2n) is 4.50. The van der Waals surface area contributed by atoms with Gasteiger partial charge in [0.2, 0.25) is 5.71 Å². The van der Waals surface area contributed by atoms with Gasteiger partial charge in [-0.05, 0) is 30.7 Å². The third kappa shape index (κ3) is 2.18. The van der Waals surface area contributed by atoms with Crippen LogP contribution in [0.5, 0.6) is 0 Å². The second-order valence-corrected chi connectivity index (χ2v) is 4.50. The molecule has 0 radical (unpaired) electrons. The summed E-state index contributed by atoms with van der Waals surface area (Å²) < 4.78 is 7.28. The molecule has 0 aromatic carbocycles. The number of aromatic nitrogens is 2. The molecule has 0 atom stereocenters. The fourth-order valence-electron chi connectivity index (χ4n) is 2.25. The number of hydrogen-bond acceptors (Lipinski definition) is 3. The van der Waals surface area contributed by atoms with Crippen molar-refractivity contribution in [3.63, 3.8) is 0 Å². The zero-order chi connectivity index (χ0) is 13.9. The van der Waals surface area contributed by atoms with Gasteiger partial charge in [-0.1, -0.05) is 6.07 Å². The van der Waals surface area contributed by atoms with E-state index in [4.69, 9.17) is 4.42 Å². The van der Waals surface area contributed by atoms with Crippen LogP contribution in [0.3, 0.4) is 0 Å². The van der Waals surface area contributed by atoms with Crippen LogP contribution in [0.2, 0.25) is 0 Å². The van der Waals surface area contributed by atoms with E-state index in [1.165, 1.54) is 0 Å². The average molecular weight is 269 g/mol. The van der Waals surface area contributed by atoms with Gasteiger partial charge in [-0.2, -0.15) is 0 Å². The van der Waals surface area contributed by atoms with Crippen LogP contribution in [0.25, 0.3) is 11.1 Å². The first kappa shape index (κ1) is 12.5. The third-order valence-electron chi connectivity index (χ3n) is 3.23. The summed E-state index contributed by atoms with van der Waals surface area (Å²) >= 11 is 0. The summed E-state index contributed by atoms with van der Waals surface area (Å²) in [6, 6.07) is 7.49. The van der Waals surface area contributed by atoms with Gasteiger partial charge < -0.3 is 14.3 Å². The summed E-state index contributed by atoms with van der Waals surface area (Å²) in [5.41, 5.74) is 2.32. The van der Waals surface area contributed by atoms with E-state index in [1.54, 1.807) is 18.7 Å². The number of nitrogens with zero attached hydrogens (tertiary/aromatic N) is 2. The van der Waals surface area contributed by atoms with E-state index in [0.29, 0.717) is 18.8 Å². The first-order valence-corrected chi connectivity index (χ1v) is 6.53. The molecule has 5 nitrogen and oxygen atoms in total. The number of aryl methyl sites for hydroxylation is 1. The van der Waals surface area contributed by atoms with Crippen LogP contribution in [0.4, 0.5) is 0 Å². The van der Waals surface area contributed by atoms with E-state index < -0.39 is 0 Å². The predicted molar refractivity (Wildman–Crippen MR) is 75.3 cm³/mol. The molecule has 3 rings (SSSR count). The molecule has 0 spiro atoms. The Labute approximate surface area is 116 Å². The summed E-state index contributed by atoms with van der Waals surface area (Å²) in [7, 11) is 0. The van der Waals surface area contributed by atoms with Gasteiger partial charge in [-0.25, -0.2) is 0 Å². The summed E-state index contributed by atoms with van der Waals surface area (Å²) in [6.45, 7) is 3.13. The summed E-state index contributed by atoms with van der Waals surface area (Å²) in [5, 5.41) is 3.84. The fourth-order valence-corrected chi connectivity index (χ4v) is 2.25. The Morgan fingerprint density at radius 1 is 1.45 bits per heavy atom. The number of hydrogen-bond donors (Lipinski definition) is 1. The largest absolute Gasteiger partial charge is 0.448 e. The fraction of sp³-hybridized carbons (Fsp3) is 0.200. The van der Waals surface area contributed by atoms with Gasteiger partial charge in [0.05, 0.1) is 6.26 Å². The highest BCUT2D eigenvalue weighted by molar-refractivity contribution is 5.97. The Morgan fingerprint density at radius 3 is 3.10 bits per heavy atom. The van der Waals surface area contributed by atoms with Crippen LogP contribution in [0.15, 0.2) is 47.3 Å². The van der Waals surface area contributed by atoms with Crippen molar-refractivity contribution in [3.8, 4) is 0 Å². The van der Waals surface area contributed by atoms with Crippen LogP contribution in [0, 0.1) is 0 Å². The highest BCUT2D eigenvalue weighted by Crippen LogP contribution is 2.21. The van der Waals surface area contributed by atoms with Crippen molar-refractivity contribution in [1.82, 2.24) is 14.9 Å². The first-order valence-electron chi connectivity index (χ1n) is 6.53. The minimum absolute atomic E-state index is 0.109. The molecule has 0 aliphatic heterocycles. The lowest BCUT2D eigenvalue weighted by atomic mass is 10.3. The summed E-state index contributed by atoms with van der Waals surface area (Å²) in [4.78, 5) is 16.3. The van der Waals surface area contributed by atoms with Crippen LogP contribution in [-0.2, 0) is 13.1 Å². The third-order valence-corrected chi connectivity index (χ3v) is 3.23. The van der Waals surface area contributed by atoms with Crippen LogP contribution in [0.1, 0.15) is 23.0 Å². The van der Waals surface area contributed by atoms with Crippen molar-refractivity contribution < 1.29 is 9.21 Å². The normalized spacial score (nSPS) is 10.8. The van der Waals surface area contributed by atoms with Gasteiger partial charge in [0.15, 0.2) is 0 Å². The van der Waals surface area contributed by atoms with Crippen molar-refractivity contribution in [3.05, 3.63) is 54.2 Å². The van der Waals surface area contributed by atoms with Gasteiger partial charge in [0.25, 0.3) is 5.91 Å². The molecule has 0 aliphatic rings. The summed E-state index contributed by atoms with van der Waals surface area (Å²) in [5.74, 6) is -0.109. The molecule has 0 aliphatic carbocycles. The van der Waals surface area contributed by atoms with Gasteiger partial charge in [0.1, 0.15) is 5.69 Å². The molecule has 102 valence electrons. The number of carbonyl (C=O) groups is 1. The number of carbonyl (C=O) groups excluding carboxylic acids is 1. The van der Waals surface area contributed by atoms with Gasteiger partial charge in [0, 0.05) is 30.9 Å². The predicted octanol–water partition coefficient (Wildman–Crippen LogP) is 2.58. The molecule has 3 heterocycles. The summed E-state index contributed by atoms with van der Waals surface area (Å²) in [6.07, 6.45) is 5.08. The van der Waals surface area contributed by atoms with Crippen molar-refractivity contribution in [2.75, 3.05) is 0 Å². The number of amides is 1. The molecule has 1 amide bonds. The van der Waals surface area contributed by atoms with Crippen molar-refractivity contribution in [2.24, 2.45) is 0 Å². The molecule has 5 heteroatoms. The van der Waals surface area contributed by atoms with Crippen LogP contribution >= 0.6 is 0 Å². The lowest BCUT2D eigenvalue weighted by Crippen LogP contribution is -2.25. The zero-order valence-electron chi connectivity index (χ0n) is 11.2. The van der Waals surface area contributed by atoms with Crippen LogP contribution < -0.4 is 5.32 Å². The van der Waals surface area contributed by atoms with Gasteiger partial charge >= 0.3 is 0 Å². The lowest BCUT2D eigenvalue weighted by molar-refractivity contribution is 0.0941. The first-order chi connectivity index (χ1) is 9.79. The average Bonchev–Trinajstić information content (AvgIpc) is 3.06.